The monoisotopic (exact) mass is 523 g/mol. The first kappa shape index (κ1) is 24.1. The van der Waals surface area contributed by atoms with Gasteiger partial charge in [0.15, 0.2) is 0 Å². The van der Waals surface area contributed by atoms with Crippen LogP contribution in [-0.2, 0) is 6.54 Å². The molecule has 0 fully saturated rings. The van der Waals surface area contributed by atoms with Gasteiger partial charge in [0, 0.05) is 16.7 Å². The maximum Gasteiger partial charge on any atom is 0.323 e. The zero-order valence-electron chi connectivity index (χ0n) is 21.0. The van der Waals surface area contributed by atoms with E-state index in [0.29, 0.717) is 6.54 Å². The highest BCUT2D eigenvalue weighted by Crippen LogP contribution is 2.39. The third kappa shape index (κ3) is 4.16. The summed E-state index contributed by atoms with van der Waals surface area (Å²) in [4.78, 5) is 16.8. The number of nitrogens with one attached hydrogen (secondary N) is 1. The van der Waals surface area contributed by atoms with E-state index in [1.807, 2.05) is 66.5 Å². The van der Waals surface area contributed by atoms with Crippen LogP contribution in [0.25, 0.3) is 11.5 Å². The van der Waals surface area contributed by atoms with Gasteiger partial charge in [-0.05, 0) is 67.3 Å². The average molecular weight is 524 g/mol. The van der Waals surface area contributed by atoms with E-state index >= 15 is 0 Å². The maximum absolute atomic E-state index is 14.5. The molecular weight excluding hydrogens is 497 g/mol. The van der Waals surface area contributed by atoms with Crippen LogP contribution >= 0.6 is 11.8 Å². The van der Waals surface area contributed by atoms with Crippen LogP contribution in [0.1, 0.15) is 28.6 Å². The van der Waals surface area contributed by atoms with Gasteiger partial charge in [0.05, 0.1) is 35.3 Å². The van der Waals surface area contributed by atoms with Crippen molar-refractivity contribution in [3.8, 4) is 11.5 Å². The van der Waals surface area contributed by atoms with Crippen LogP contribution in [0.4, 0.5) is 14.9 Å². The van der Waals surface area contributed by atoms with Crippen LogP contribution in [0.2, 0.25) is 0 Å². The molecule has 1 aliphatic rings. The summed E-state index contributed by atoms with van der Waals surface area (Å²) in [5.74, 6) is 0.411. The van der Waals surface area contributed by atoms with Gasteiger partial charge in [-0.2, -0.15) is 5.10 Å². The van der Waals surface area contributed by atoms with Gasteiger partial charge in [-0.3, -0.25) is 0 Å². The van der Waals surface area contributed by atoms with Crippen molar-refractivity contribution in [1.82, 2.24) is 19.2 Å². The number of carbonyl (C=O) groups excluding carboxylic acids is 1. The van der Waals surface area contributed by atoms with Gasteiger partial charge in [0.1, 0.15) is 11.6 Å². The number of hydrogen-bond donors (Lipinski definition) is 1. The minimum absolute atomic E-state index is 0.144. The molecule has 8 heteroatoms. The predicted octanol–water partition coefficient (Wildman–Crippen LogP) is 6.97. The van der Waals surface area contributed by atoms with Crippen molar-refractivity contribution >= 4 is 23.5 Å². The van der Waals surface area contributed by atoms with Crippen molar-refractivity contribution in [2.75, 3.05) is 11.6 Å². The molecule has 1 aliphatic heterocycles. The molecule has 6 nitrogen and oxygen atoms in total. The molecule has 190 valence electrons. The van der Waals surface area contributed by atoms with Gasteiger partial charge < -0.3 is 14.8 Å². The lowest BCUT2D eigenvalue weighted by atomic mass is 10.0. The summed E-state index contributed by atoms with van der Waals surface area (Å²) >= 11 is 1.67. The Balaban J connectivity index is 1.53. The van der Waals surface area contributed by atoms with Gasteiger partial charge in [0.2, 0.25) is 0 Å². The lowest BCUT2D eigenvalue weighted by Crippen LogP contribution is -2.38. The summed E-state index contributed by atoms with van der Waals surface area (Å²) in [6.45, 7) is 2.26. The molecule has 0 spiro atoms. The fourth-order valence-electron chi connectivity index (χ4n) is 5.04. The van der Waals surface area contributed by atoms with Crippen LogP contribution in [0.3, 0.4) is 0 Å². The number of benzene rings is 3. The molecule has 6 rings (SSSR count). The number of nitrogens with zero attached hydrogens (tertiary/aromatic N) is 4. The Morgan fingerprint density at radius 1 is 0.974 bits per heavy atom. The molecule has 0 bridgehead atoms. The molecule has 5 aromatic rings. The molecule has 2 aromatic heterocycles. The highest BCUT2D eigenvalue weighted by molar-refractivity contribution is 7.98. The molecule has 2 amide bonds. The standard InChI is InChI=1S/C30H26FN5OS/c1-20-24-19-35(30(37)32-26-12-7-6-11-25(26)31)28(21-14-16-23(38-2)17-15-21)27-13-8-18-34(27)29(24)36(33-20)22-9-4-3-5-10-22/h3-18,28H,19H2,1-2H3,(H,32,37). The Bertz CT molecular complexity index is 1610. The number of anilines is 1. The van der Waals surface area contributed by atoms with Crippen LogP contribution in [0.5, 0.6) is 0 Å². The molecule has 0 aliphatic carbocycles. The lowest BCUT2D eigenvalue weighted by Gasteiger charge is -2.31. The van der Waals surface area contributed by atoms with Crippen molar-refractivity contribution in [2.45, 2.75) is 24.4 Å². The van der Waals surface area contributed by atoms with E-state index < -0.39 is 11.9 Å². The minimum Gasteiger partial charge on any atom is -0.307 e. The average Bonchev–Trinajstić information content (AvgIpc) is 3.51. The Hall–Kier alpha value is -4.30. The number of rotatable bonds is 4. The molecule has 0 saturated carbocycles. The minimum atomic E-state index is -0.478. The molecule has 1 unspecified atom stereocenters. The second-order valence-electron chi connectivity index (χ2n) is 9.15. The molecule has 1 N–H and O–H groups in total. The second kappa shape index (κ2) is 9.87. The van der Waals surface area contributed by atoms with E-state index in [9.17, 15) is 9.18 Å². The third-order valence-corrected chi connectivity index (χ3v) is 7.64. The van der Waals surface area contributed by atoms with Crippen molar-refractivity contribution in [3.63, 3.8) is 0 Å². The van der Waals surface area contributed by atoms with E-state index in [2.05, 4.69) is 34.1 Å². The van der Waals surface area contributed by atoms with Crippen LogP contribution in [0.15, 0.2) is 102 Å². The van der Waals surface area contributed by atoms with Gasteiger partial charge in [-0.1, -0.05) is 42.5 Å². The van der Waals surface area contributed by atoms with E-state index in [-0.39, 0.29) is 11.7 Å². The zero-order chi connectivity index (χ0) is 26.2. The van der Waals surface area contributed by atoms with Gasteiger partial charge >= 0.3 is 6.03 Å². The Morgan fingerprint density at radius 2 is 1.71 bits per heavy atom. The van der Waals surface area contributed by atoms with E-state index in [0.717, 1.165) is 38.9 Å². The van der Waals surface area contributed by atoms with E-state index in [1.165, 1.54) is 6.07 Å². The number of fused-ring (bicyclic) bond motifs is 3. The molecule has 3 heterocycles. The van der Waals surface area contributed by atoms with Gasteiger partial charge in [-0.15, -0.1) is 11.8 Å². The van der Waals surface area contributed by atoms with Gasteiger partial charge in [-0.25, -0.2) is 13.9 Å². The summed E-state index contributed by atoms with van der Waals surface area (Å²) in [6.07, 6.45) is 4.05. The Labute approximate surface area is 224 Å². The largest absolute Gasteiger partial charge is 0.323 e. The molecular formula is C30H26FN5OS. The van der Waals surface area contributed by atoms with Crippen molar-refractivity contribution in [3.05, 3.63) is 126 Å². The summed E-state index contributed by atoms with van der Waals surface area (Å²) in [5.41, 5.74) is 4.71. The molecule has 0 radical (unpaired) electrons. The lowest BCUT2D eigenvalue weighted by molar-refractivity contribution is 0.194. The molecule has 0 saturated heterocycles. The third-order valence-electron chi connectivity index (χ3n) is 6.89. The van der Waals surface area contributed by atoms with Crippen LogP contribution in [0, 0.1) is 12.7 Å². The highest BCUT2D eigenvalue weighted by Gasteiger charge is 2.36. The predicted molar refractivity (Wildman–Crippen MR) is 149 cm³/mol. The number of urea groups is 1. The quantitative estimate of drug-likeness (QED) is 0.259. The van der Waals surface area contributed by atoms with E-state index in [1.54, 1.807) is 34.9 Å². The molecule has 3 aromatic carbocycles. The van der Waals surface area contributed by atoms with Crippen molar-refractivity contribution in [1.29, 1.82) is 0 Å². The fraction of sp³-hybridized carbons (Fsp3) is 0.133. The number of hydrogen-bond acceptors (Lipinski definition) is 3. The summed E-state index contributed by atoms with van der Waals surface area (Å²) in [7, 11) is 0. The maximum atomic E-state index is 14.5. The number of para-hydroxylation sites is 2. The SMILES string of the molecule is CSc1ccc(C2c3cccn3-c3c(c(C)nn3-c3ccccc3)CN2C(=O)Nc2ccccc2F)cc1. The van der Waals surface area contributed by atoms with E-state index in [4.69, 9.17) is 5.10 Å². The Kier molecular flexibility index (Phi) is 6.25. The first-order valence-electron chi connectivity index (χ1n) is 12.3. The first-order chi connectivity index (χ1) is 18.5. The number of thioether (sulfide) groups is 1. The number of aryl methyl sites for hydroxylation is 1. The van der Waals surface area contributed by atoms with Gasteiger partial charge in [0.25, 0.3) is 0 Å². The van der Waals surface area contributed by atoms with Crippen molar-refractivity contribution in [2.24, 2.45) is 0 Å². The summed E-state index contributed by atoms with van der Waals surface area (Å²) in [6, 6.07) is 27.7. The smallest absolute Gasteiger partial charge is 0.307 e. The normalized spacial score (nSPS) is 14.5. The number of amides is 2. The first-order valence-corrected chi connectivity index (χ1v) is 13.6. The summed E-state index contributed by atoms with van der Waals surface area (Å²) < 4.78 is 18.6. The number of halogens is 1. The number of aromatic nitrogens is 3. The topological polar surface area (TPSA) is 55.1 Å². The Morgan fingerprint density at radius 3 is 2.45 bits per heavy atom. The van der Waals surface area contributed by atoms with Crippen molar-refractivity contribution < 1.29 is 9.18 Å². The van der Waals surface area contributed by atoms with Crippen LogP contribution in [-0.4, -0.2) is 31.5 Å². The molecule has 1 atom stereocenters. The van der Waals surface area contributed by atoms with Crippen LogP contribution < -0.4 is 5.32 Å². The second-order valence-corrected chi connectivity index (χ2v) is 10.0. The number of carbonyl (C=O) groups is 1. The fourth-order valence-corrected chi connectivity index (χ4v) is 5.44. The molecule has 38 heavy (non-hydrogen) atoms. The highest BCUT2D eigenvalue weighted by atomic mass is 32.2. The zero-order valence-corrected chi connectivity index (χ0v) is 21.8. The summed E-state index contributed by atoms with van der Waals surface area (Å²) in [5, 5.41) is 7.68.